The molecule has 0 bridgehead atoms. The molecule has 0 aromatic heterocycles. The van der Waals surface area contributed by atoms with Crippen molar-refractivity contribution in [2.45, 2.75) is 44.8 Å². The van der Waals surface area contributed by atoms with Crippen molar-refractivity contribution in [1.29, 1.82) is 0 Å². The smallest absolute Gasteiger partial charge is 0.108 e. The predicted molar refractivity (Wildman–Crippen MR) is 69.4 cm³/mol. The summed E-state index contributed by atoms with van der Waals surface area (Å²) >= 11 is 6.09. The van der Waals surface area contributed by atoms with Gasteiger partial charge in [-0.2, -0.15) is 0 Å². The highest BCUT2D eigenvalue weighted by molar-refractivity contribution is 6.31. The summed E-state index contributed by atoms with van der Waals surface area (Å²) in [6.45, 7) is 4.66. The van der Waals surface area contributed by atoms with Gasteiger partial charge < -0.3 is 9.84 Å². The summed E-state index contributed by atoms with van der Waals surface area (Å²) in [7, 11) is 0. The zero-order valence-corrected chi connectivity index (χ0v) is 11.1. The third-order valence-electron chi connectivity index (χ3n) is 3.59. The Bertz CT molecular complexity index is 397. The second-order valence-electron chi connectivity index (χ2n) is 5.03. The summed E-state index contributed by atoms with van der Waals surface area (Å²) in [5.41, 5.74) is 1.39. The molecule has 0 aliphatic carbocycles. The molecule has 2 unspecified atom stereocenters. The first-order chi connectivity index (χ1) is 8.03. The fraction of sp³-hybridized carbons (Fsp3) is 0.571. The lowest BCUT2D eigenvalue weighted by atomic mass is 9.86. The predicted octanol–water partition coefficient (Wildman–Crippen LogP) is 3.64. The molecule has 17 heavy (non-hydrogen) atoms. The molecule has 94 valence electrons. The van der Waals surface area contributed by atoms with Crippen molar-refractivity contribution in [3.63, 3.8) is 0 Å². The Kier molecular flexibility index (Phi) is 3.76. The van der Waals surface area contributed by atoms with Crippen LogP contribution in [0.1, 0.15) is 43.4 Å². The molecular weight excluding hydrogens is 236 g/mol. The van der Waals surface area contributed by atoms with E-state index in [9.17, 15) is 5.11 Å². The number of ether oxygens (including phenoxy) is 1. The second kappa shape index (κ2) is 4.97. The lowest BCUT2D eigenvalue weighted by Gasteiger charge is -2.38. The van der Waals surface area contributed by atoms with Gasteiger partial charge in [0.15, 0.2) is 0 Å². The molecule has 1 aromatic rings. The number of halogens is 1. The summed E-state index contributed by atoms with van der Waals surface area (Å²) in [5, 5.41) is 11.1. The molecule has 1 aliphatic heterocycles. The molecule has 1 aliphatic rings. The lowest BCUT2D eigenvalue weighted by Crippen LogP contribution is -2.39. The van der Waals surface area contributed by atoms with Crippen molar-refractivity contribution in [3.05, 3.63) is 34.3 Å². The Balaban J connectivity index is 2.23. The molecular formula is C14H19ClO2. The molecule has 0 amide bonds. The van der Waals surface area contributed by atoms with Crippen LogP contribution in [-0.2, 0) is 4.74 Å². The third-order valence-corrected chi connectivity index (χ3v) is 4.00. The van der Waals surface area contributed by atoms with Gasteiger partial charge in [-0.25, -0.2) is 0 Å². The minimum absolute atomic E-state index is 0.475. The fourth-order valence-corrected chi connectivity index (χ4v) is 2.49. The van der Waals surface area contributed by atoms with E-state index in [2.05, 4.69) is 0 Å². The van der Waals surface area contributed by atoms with E-state index in [-0.39, 0.29) is 0 Å². The standard InChI is InChI=1S/C14H19ClO2/c1-10-5-6-11(9-12(10)15)13(16)14(2)7-3-4-8-17-14/h5-6,9,13,16H,3-4,7-8H2,1-2H3. The average molecular weight is 255 g/mol. The Hall–Kier alpha value is -0.570. The number of aliphatic hydroxyl groups is 1. The minimum Gasteiger partial charge on any atom is -0.385 e. The van der Waals surface area contributed by atoms with Crippen LogP contribution < -0.4 is 0 Å². The van der Waals surface area contributed by atoms with Crippen molar-refractivity contribution in [2.75, 3.05) is 6.61 Å². The fourth-order valence-electron chi connectivity index (χ4n) is 2.30. The molecule has 1 N–H and O–H groups in total. The van der Waals surface area contributed by atoms with E-state index in [1.165, 1.54) is 0 Å². The first-order valence-electron chi connectivity index (χ1n) is 6.11. The maximum Gasteiger partial charge on any atom is 0.108 e. The number of hydrogen-bond donors (Lipinski definition) is 1. The van der Waals surface area contributed by atoms with E-state index in [4.69, 9.17) is 16.3 Å². The number of hydrogen-bond acceptors (Lipinski definition) is 2. The first kappa shape index (κ1) is 12.9. The quantitative estimate of drug-likeness (QED) is 0.873. The van der Waals surface area contributed by atoms with E-state index in [0.717, 1.165) is 37.0 Å². The van der Waals surface area contributed by atoms with Gasteiger partial charge in [0.25, 0.3) is 0 Å². The Labute approximate surface area is 108 Å². The van der Waals surface area contributed by atoms with Crippen LogP contribution in [0.4, 0.5) is 0 Å². The van der Waals surface area contributed by atoms with Crippen LogP contribution in [0.3, 0.4) is 0 Å². The molecule has 2 rings (SSSR count). The van der Waals surface area contributed by atoms with Crippen molar-refractivity contribution < 1.29 is 9.84 Å². The van der Waals surface area contributed by atoms with Gasteiger partial charge in [0, 0.05) is 11.6 Å². The minimum atomic E-state index is -0.610. The molecule has 0 saturated carbocycles. The van der Waals surface area contributed by atoms with Crippen molar-refractivity contribution in [1.82, 2.24) is 0 Å². The molecule has 3 heteroatoms. The van der Waals surface area contributed by atoms with E-state index in [1.54, 1.807) is 0 Å². The molecule has 1 fully saturated rings. The van der Waals surface area contributed by atoms with Crippen LogP contribution in [0.5, 0.6) is 0 Å². The summed E-state index contributed by atoms with van der Waals surface area (Å²) in [6.07, 6.45) is 2.46. The maximum absolute atomic E-state index is 10.4. The van der Waals surface area contributed by atoms with Crippen molar-refractivity contribution in [3.8, 4) is 0 Å². The highest BCUT2D eigenvalue weighted by Crippen LogP contribution is 2.37. The highest BCUT2D eigenvalue weighted by atomic mass is 35.5. The van der Waals surface area contributed by atoms with E-state index >= 15 is 0 Å². The van der Waals surface area contributed by atoms with Gasteiger partial charge in [-0.05, 0) is 50.3 Å². The van der Waals surface area contributed by atoms with E-state index in [0.29, 0.717) is 5.02 Å². The van der Waals surface area contributed by atoms with Crippen LogP contribution in [-0.4, -0.2) is 17.3 Å². The van der Waals surface area contributed by atoms with Gasteiger partial charge in [-0.1, -0.05) is 23.7 Å². The van der Waals surface area contributed by atoms with Crippen LogP contribution in [0.2, 0.25) is 5.02 Å². The van der Waals surface area contributed by atoms with Gasteiger partial charge in [0.2, 0.25) is 0 Å². The number of benzene rings is 1. The second-order valence-corrected chi connectivity index (χ2v) is 5.44. The van der Waals surface area contributed by atoms with Gasteiger partial charge >= 0.3 is 0 Å². The summed E-state index contributed by atoms with van der Waals surface area (Å²) in [5.74, 6) is 0. The molecule has 2 atom stereocenters. The maximum atomic E-state index is 10.4. The normalized spacial score (nSPS) is 26.8. The van der Waals surface area contributed by atoms with Crippen LogP contribution in [0, 0.1) is 6.92 Å². The first-order valence-corrected chi connectivity index (χ1v) is 6.49. The molecule has 2 nitrogen and oxygen atoms in total. The monoisotopic (exact) mass is 254 g/mol. The SMILES string of the molecule is Cc1ccc(C(O)C2(C)CCCCO2)cc1Cl. The molecule has 1 aromatic carbocycles. The van der Waals surface area contributed by atoms with E-state index in [1.807, 2.05) is 32.0 Å². The lowest BCUT2D eigenvalue weighted by molar-refractivity contribution is -0.138. The molecule has 1 saturated heterocycles. The zero-order chi connectivity index (χ0) is 12.5. The Morgan fingerprint density at radius 3 is 2.76 bits per heavy atom. The van der Waals surface area contributed by atoms with Gasteiger partial charge in [-0.15, -0.1) is 0 Å². The van der Waals surface area contributed by atoms with E-state index < -0.39 is 11.7 Å². The highest BCUT2D eigenvalue weighted by Gasteiger charge is 2.36. The number of aryl methyl sites for hydroxylation is 1. The van der Waals surface area contributed by atoms with Crippen molar-refractivity contribution >= 4 is 11.6 Å². The van der Waals surface area contributed by atoms with Gasteiger partial charge in [-0.3, -0.25) is 0 Å². The summed E-state index contributed by atoms with van der Waals surface area (Å²) in [4.78, 5) is 0. The number of rotatable bonds is 2. The molecule has 1 heterocycles. The molecule has 0 spiro atoms. The van der Waals surface area contributed by atoms with Gasteiger partial charge in [0.1, 0.15) is 6.10 Å². The topological polar surface area (TPSA) is 29.5 Å². The third kappa shape index (κ3) is 2.65. The summed E-state index contributed by atoms with van der Waals surface area (Å²) in [6, 6.07) is 5.70. The number of aliphatic hydroxyl groups excluding tert-OH is 1. The van der Waals surface area contributed by atoms with Crippen molar-refractivity contribution in [2.24, 2.45) is 0 Å². The van der Waals surface area contributed by atoms with Gasteiger partial charge in [0.05, 0.1) is 5.60 Å². The average Bonchev–Trinajstić information content (AvgIpc) is 2.33. The van der Waals surface area contributed by atoms with Crippen LogP contribution in [0.15, 0.2) is 18.2 Å². The summed E-state index contributed by atoms with van der Waals surface area (Å²) < 4.78 is 5.76. The van der Waals surface area contributed by atoms with Crippen LogP contribution in [0.25, 0.3) is 0 Å². The largest absolute Gasteiger partial charge is 0.385 e. The van der Waals surface area contributed by atoms with Crippen LogP contribution >= 0.6 is 11.6 Å². The molecule has 0 radical (unpaired) electrons. The Morgan fingerprint density at radius 1 is 1.41 bits per heavy atom. The zero-order valence-electron chi connectivity index (χ0n) is 10.4. The Morgan fingerprint density at radius 2 is 2.18 bits per heavy atom.